The lowest BCUT2D eigenvalue weighted by Gasteiger charge is -2.14. The first-order valence-corrected chi connectivity index (χ1v) is 14.4. The van der Waals surface area contributed by atoms with Crippen LogP contribution in [-0.2, 0) is 0 Å². The second-order valence-corrected chi connectivity index (χ2v) is 9.85. The summed E-state index contributed by atoms with van der Waals surface area (Å²) in [4.78, 5) is 0. The van der Waals surface area contributed by atoms with Gasteiger partial charge in [0.1, 0.15) is 0 Å². The first-order chi connectivity index (χ1) is 15.3. The van der Waals surface area contributed by atoms with Crippen LogP contribution in [0.4, 0.5) is 0 Å². The van der Waals surface area contributed by atoms with Crippen LogP contribution < -0.4 is 10.6 Å². The van der Waals surface area contributed by atoms with E-state index in [4.69, 9.17) is 5.11 Å². The van der Waals surface area contributed by atoms with E-state index >= 15 is 0 Å². The normalized spacial score (nSPS) is 12.5. The van der Waals surface area contributed by atoms with E-state index in [2.05, 4.69) is 24.5 Å². The Morgan fingerprint density at radius 3 is 1.29 bits per heavy atom. The van der Waals surface area contributed by atoms with Gasteiger partial charge in [-0.1, -0.05) is 129 Å². The van der Waals surface area contributed by atoms with Gasteiger partial charge in [0.05, 0.1) is 0 Å². The quantitative estimate of drug-likeness (QED) is 0.114. The Hall–Kier alpha value is -0.120. The van der Waals surface area contributed by atoms with E-state index < -0.39 is 0 Å². The van der Waals surface area contributed by atoms with Crippen LogP contribution in [0.3, 0.4) is 0 Å². The third-order valence-electron chi connectivity index (χ3n) is 6.49. The highest BCUT2D eigenvalue weighted by Crippen LogP contribution is 2.14. The lowest BCUT2D eigenvalue weighted by molar-refractivity contribution is 0.283. The summed E-state index contributed by atoms with van der Waals surface area (Å²) < 4.78 is 0. The predicted octanol–water partition coefficient (Wildman–Crippen LogP) is 7.76. The fraction of sp³-hybridized carbons (Fsp3) is 1.00. The van der Waals surface area contributed by atoms with Crippen LogP contribution in [0, 0.1) is 0 Å². The van der Waals surface area contributed by atoms with Crippen molar-refractivity contribution in [2.24, 2.45) is 0 Å². The summed E-state index contributed by atoms with van der Waals surface area (Å²) in [7, 11) is 0. The van der Waals surface area contributed by atoms with Crippen molar-refractivity contribution in [3.05, 3.63) is 0 Å². The maximum atomic E-state index is 8.78. The van der Waals surface area contributed by atoms with Gasteiger partial charge < -0.3 is 15.7 Å². The van der Waals surface area contributed by atoms with E-state index in [0.717, 1.165) is 26.1 Å². The molecule has 0 rings (SSSR count). The fourth-order valence-electron chi connectivity index (χ4n) is 4.32. The van der Waals surface area contributed by atoms with Crippen LogP contribution in [0.5, 0.6) is 0 Å². The fourth-order valence-corrected chi connectivity index (χ4v) is 4.32. The van der Waals surface area contributed by atoms with Gasteiger partial charge in [-0.3, -0.25) is 0 Å². The van der Waals surface area contributed by atoms with Crippen LogP contribution >= 0.6 is 0 Å². The zero-order valence-corrected chi connectivity index (χ0v) is 21.7. The second-order valence-electron chi connectivity index (χ2n) is 9.85. The number of unbranched alkanes of at least 4 members (excludes halogenated alkanes) is 19. The molecule has 0 aromatic rings. The Labute approximate surface area is 196 Å². The van der Waals surface area contributed by atoms with Gasteiger partial charge in [0, 0.05) is 19.2 Å². The number of hydrogen-bond donors (Lipinski definition) is 3. The SMILES string of the molecule is CCCCCCCCCCCCCCCCCCCCCCNCC(C)NCCCO. The molecule has 1 unspecified atom stereocenters. The summed E-state index contributed by atoms with van der Waals surface area (Å²) in [6.07, 6.45) is 29.7. The van der Waals surface area contributed by atoms with E-state index in [0.29, 0.717) is 6.04 Å². The third-order valence-corrected chi connectivity index (χ3v) is 6.49. The Bertz CT molecular complexity index is 311. The summed E-state index contributed by atoms with van der Waals surface area (Å²) >= 11 is 0. The van der Waals surface area contributed by atoms with Crippen molar-refractivity contribution in [3.63, 3.8) is 0 Å². The molecule has 31 heavy (non-hydrogen) atoms. The third kappa shape index (κ3) is 27.8. The molecule has 0 spiro atoms. The highest BCUT2D eigenvalue weighted by molar-refractivity contribution is 4.63. The molecule has 0 saturated carbocycles. The number of aliphatic hydroxyl groups is 1. The average Bonchev–Trinajstić information content (AvgIpc) is 2.77. The summed E-state index contributed by atoms with van der Waals surface area (Å²) in [5.41, 5.74) is 0. The molecule has 3 nitrogen and oxygen atoms in total. The van der Waals surface area contributed by atoms with Gasteiger partial charge in [-0.2, -0.15) is 0 Å². The Morgan fingerprint density at radius 2 is 0.903 bits per heavy atom. The van der Waals surface area contributed by atoms with Crippen LogP contribution in [0.15, 0.2) is 0 Å². The standard InChI is InChI=1S/C28H60N2O/c1-3-4-5-6-7-8-9-10-11-12-13-14-15-16-17-18-19-20-21-22-24-29-27-28(2)30-25-23-26-31/h28-31H,3-27H2,1-2H3. The van der Waals surface area contributed by atoms with Crippen molar-refractivity contribution in [2.75, 3.05) is 26.2 Å². The zero-order valence-electron chi connectivity index (χ0n) is 21.7. The zero-order chi connectivity index (χ0) is 22.7. The Morgan fingerprint density at radius 1 is 0.516 bits per heavy atom. The molecule has 1 atom stereocenters. The minimum atomic E-state index is 0.284. The molecule has 0 aromatic carbocycles. The van der Waals surface area contributed by atoms with Crippen LogP contribution in [0.1, 0.15) is 149 Å². The first kappa shape index (κ1) is 30.9. The number of aliphatic hydroxyl groups excluding tert-OH is 1. The molecule has 0 amide bonds. The number of nitrogens with one attached hydrogen (secondary N) is 2. The number of hydrogen-bond acceptors (Lipinski definition) is 3. The summed E-state index contributed by atoms with van der Waals surface area (Å²) in [6, 6.07) is 0.497. The highest BCUT2D eigenvalue weighted by atomic mass is 16.3. The van der Waals surface area contributed by atoms with Gasteiger partial charge in [0.2, 0.25) is 0 Å². The van der Waals surface area contributed by atoms with E-state index in [1.54, 1.807) is 0 Å². The molecular formula is C28H60N2O. The predicted molar refractivity (Wildman–Crippen MR) is 140 cm³/mol. The van der Waals surface area contributed by atoms with Crippen molar-refractivity contribution in [1.29, 1.82) is 0 Å². The maximum Gasteiger partial charge on any atom is 0.0443 e. The largest absolute Gasteiger partial charge is 0.396 e. The van der Waals surface area contributed by atoms with Crippen LogP contribution in [0.25, 0.3) is 0 Å². The highest BCUT2D eigenvalue weighted by Gasteiger charge is 1.99. The molecule has 3 heteroatoms. The van der Waals surface area contributed by atoms with E-state index in [9.17, 15) is 0 Å². The topological polar surface area (TPSA) is 44.3 Å². The molecule has 0 fully saturated rings. The molecule has 0 bridgehead atoms. The van der Waals surface area contributed by atoms with Gasteiger partial charge >= 0.3 is 0 Å². The molecular weight excluding hydrogens is 380 g/mol. The smallest absolute Gasteiger partial charge is 0.0443 e. The average molecular weight is 441 g/mol. The van der Waals surface area contributed by atoms with Crippen molar-refractivity contribution in [1.82, 2.24) is 10.6 Å². The second kappa shape index (κ2) is 27.9. The van der Waals surface area contributed by atoms with Crippen molar-refractivity contribution in [3.8, 4) is 0 Å². The monoisotopic (exact) mass is 440 g/mol. The minimum absolute atomic E-state index is 0.284. The molecule has 188 valence electrons. The van der Waals surface area contributed by atoms with Gasteiger partial charge in [0.25, 0.3) is 0 Å². The summed E-state index contributed by atoms with van der Waals surface area (Å²) in [5.74, 6) is 0. The van der Waals surface area contributed by atoms with E-state index in [1.165, 1.54) is 128 Å². The molecule has 0 aliphatic heterocycles. The molecule has 0 saturated heterocycles. The van der Waals surface area contributed by atoms with Crippen LogP contribution in [0.2, 0.25) is 0 Å². The Kier molecular flexibility index (Phi) is 27.8. The molecule has 0 heterocycles. The van der Waals surface area contributed by atoms with Gasteiger partial charge in [-0.15, -0.1) is 0 Å². The van der Waals surface area contributed by atoms with Gasteiger partial charge in [0.15, 0.2) is 0 Å². The van der Waals surface area contributed by atoms with E-state index in [1.807, 2.05) is 0 Å². The van der Waals surface area contributed by atoms with Gasteiger partial charge in [-0.05, 0) is 32.9 Å². The maximum absolute atomic E-state index is 8.78. The van der Waals surface area contributed by atoms with E-state index in [-0.39, 0.29) is 6.61 Å². The Balaban J connectivity index is 3.05. The molecule has 0 aliphatic carbocycles. The summed E-state index contributed by atoms with van der Waals surface area (Å²) in [5, 5.41) is 15.8. The van der Waals surface area contributed by atoms with Crippen molar-refractivity contribution in [2.45, 2.75) is 155 Å². The molecule has 0 aromatic heterocycles. The number of rotatable bonds is 27. The summed E-state index contributed by atoms with van der Waals surface area (Å²) in [6.45, 7) is 7.88. The lowest BCUT2D eigenvalue weighted by Crippen LogP contribution is -2.37. The molecule has 3 N–H and O–H groups in total. The molecule has 0 aliphatic rings. The van der Waals surface area contributed by atoms with Crippen molar-refractivity contribution >= 4 is 0 Å². The molecule has 0 radical (unpaired) electrons. The van der Waals surface area contributed by atoms with Crippen LogP contribution in [-0.4, -0.2) is 37.4 Å². The van der Waals surface area contributed by atoms with Crippen molar-refractivity contribution < 1.29 is 5.11 Å². The minimum Gasteiger partial charge on any atom is -0.396 e. The lowest BCUT2D eigenvalue weighted by atomic mass is 10.0. The van der Waals surface area contributed by atoms with Gasteiger partial charge in [-0.25, -0.2) is 0 Å². The first-order valence-electron chi connectivity index (χ1n) is 14.4.